The van der Waals surface area contributed by atoms with E-state index >= 15 is 0 Å². The molecule has 1 aromatic carbocycles. The average Bonchev–Trinajstić information content (AvgIpc) is 2.78. The van der Waals surface area contributed by atoms with Crippen LogP contribution < -0.4 is 5.32 Å². The summed E-state index contributed by atoms with van der Waals surface area (Å²) < 4.78 is 5.05. The number of carbonyl (C=O) groups is 1. The largest absolute Gasteiger partial charge is 0.361 e. The first kappa shape index (κ1) is 12.9. The second-order valence-corrected chi connectivity index (χ2v) is 5.38. The first-order chi connectivity index (χ1) is 9.65. The van der Waals surface area contributed by atoms with E-state index in [-0.39, 0.29) is 11.9 Å². The summed E-state index contributed by atoms with van der Waals surface area (Å²) in [6.07, 6.45) is 2.89. The van der Waals surface area contributed by atoms with Crippen LogP contribution in [0.1, 0.15) is 39.4 Å². The topological polar surface area (TPSA) is 55.1 Å². The van der Waals surface area contributed by atoms with Crippen LogP contribution >= 0.6 is 0 Å². The molecule has 3 rings (SSSR count). The van der Waals surface area contributed by atoms with Crippen molar-refractivity contribution in [3.05, 3.63) is 52.4 Å². The minimum absolute atomic E-state index is 0.0781. The Kier molecular flexibility index (Phi) is 3.30. The molecule has 4 heteroatoms. The van der Waals surface area contributed by atoms with Gasteiger partial charge in [0.25, 0.3) is 5.91 Å². The van der Waals surface area contributed by atoms with Crippen molar-refractivity contribution in [2.45, 2.75) is 39.2 Å². The van der Waals surface area contributed by atoms with Crippen molar-refractivity contribution in [3.63, 3.8) is 0 Å². The van der Waals surface area contributed by atoms with Crippen LogP contribution in [0.4, 0.5) is 0 Å². The number of aromatic nitrogens is 1. The van der Waals surface area contributed by atoms with E-state index in [1.165, 1.54) is 11.1 Å². The van der Waals surface area contributed by atoms with Crippen LogP contribution in [-0.2, 0) is 12.8 Å². The van der Waals surface area contributed by atoms with Crippen molar-refractivity contribution in [3.8, 4) is 0 Å². The molecule has 2 aromatic rings. The summed E-state index contributed by atoms with van der Waals surface area (Å²) in [5.74, 6) is 0.502. The Morgan fingerprint density at radius 2 is 2.05 bits per heavy atom. The van der Waals surface area contributed by atoms with Gasteiger partial charge in [-0.3, -0.25) is 4.79 Å². The van der Waals surface area contributed by atoms with E-state index in [2.05, 4.69) is 34.7 Å². The highest BCUT2D eigenvalue weighted by atomic mass is 16.5. The SMILES string of the molecule is Cc1noc(C)c1C(=O)N[C@H]1CCc2ccccc2C1. The van der Waals surface area contributed by atoms with Crippen LogP contribution in [0.5, 0.6) is 0 Å². The maximum Gasteiger partial charge on any atom is 0.257 e. The molecule has 1 aromatic heterocycles. The highest BCUT2D eigenvalue weighted by Gasteiger charge is 2.23. The molecule has 0 radical (unpaired) electrons. The van der Waals surface area contributed by atoms with E-state index in [0.29, 0.717) is 17.0 Å². The Morgan fingerprint density at radius 3 is 2.75 bits per heavy atom. The zero-order valence-corrected chi connectivity index (χ0v) is 11.8. The first-order valence-electron chi connectivity index (χ1n) is 6.95. The second-order valence-electron chi connectivity index (χ2n) is 5.38. The molecule has 1 atom stereocenters. The predicted octanol–water partition coefficient (Wildman–Crippen LogP) is 2.58. The number of hydrogen-bond donors (Lipinski definition) is 1. The van der Waals surface area contributed by atoms with Gasteiger partial charge in [-0.05, 0) is 44.2 Å². The number of aryl methyl sites for hydroxylation is 3. The fourth-order valence-corrected chi connectivity index (χ4v) is 2.89. The highest BCUT2D eigenvalue weighted by Crippen LogP contribution is 2.22. The molecule has 1 aliphatic carbocycles. The van der Waals surface area contributed by atoms with Gasteiger partial charge in [0, 0.05) is 6.04 Å². The molecule has 0 spiro atoms. The van der Waals surface area contributed by atoms with Crippen molar-refractivity contribution >= 4 is 5.91 Å². The normalized spacial score (nSPS) is 17.6. The number of benzene rings is 1. The Morgan fingerprint density at radius 1 is 1.30 bits per heavy atom. The zero-order chi connectivity index (χ0) is 14.1. The highest BCUT2D eigenvalue weighted by molar-refractivity contribution is 5.96. The second kappa shape index (κ2) is 5.12. The molecule has 0 fully saturated rings. The van der Waals surface area contributed by atoms with Gasteiger partial charge in [-0.1, -0.05) is 29.4 Å². The van der Waals surface area contributed by atoms with Gasteiger partial charge in [-0.25, -0.2) is 0 Å². The van der Waals surface area contributed by atoms with Crippen LogP contribution in [0.15, 0.2) is 28.8 Å². The van der Waals surface area contributed by atoms with Crippen LogP contribution in [0.3, 0.4) is 0 Å². The maximum absolute atomic E-state index is 12.3. The quantitative estimate of drug-likeness (QED) is 0.912. The minimum atomic E-state index is -0.0781. The Balaban J connectivity index is 1.73. The lowest BCUT2D eigenvalue weighted by Crippen LogP contribution is -2.39. The molecule has 0 bridgehead atoms. The van der Waals surface area contributed by atoms with Crippen LogP contribution in [-0.4, -0.2) is 17.1 Å². The molecule has 0 saturated heterocycles. The molecule has 0 aliphatic heterocycles. The summed E-state index contributed by atoms with van der Waals surface area (Å²) in [4.78, 5) is 12.3. The summed E-state index contributed by atoms with van der Waals surface area (Å²) in [5, 5.41) is 6.94. The Labute approximate surface area is 118 Å². The van der Waals surface area contributed by atoms with Crippen LogP contribution in [0.25, 0.3) is 0 Å². The van der Waals surface area contributed by atoms with Crippen molar-refractivity contribution < 1.29 is 9.32 Å². The van der Waals surface area contributed by atoms with Gasteiger partial charge in [0.1, 0.15) is 11.3 Å². The Hall–Kier alpha value is -2.10. The van der Waals surface area contributed by atoms with E-state index in [1.54, 1.807) is 13.8 Å². The smallest absolute Gasteiger partial charge is 0.257 e. The van der Waals surface area contributed by atoms with E-state index < -0.39 is 0 Å². The van der Waals surface area contributed by atoms with Gasteiger partial charge in [0.05, 0.1) is 5.69 Å². The van der Waals surface area contributed by atoms with Crippen molar-refractivity contribution in [2.24, 2.45) is 0 Å². The van der Waals surface area contributed by atoms with Gasteiger partial charge >= 0.3 is 0 Å². The lowest BCUT2D eigenvalue weighted by atomic mass is 9.88. The number of carbonyl (C=O) groups excluding carboxylic acids is 1. The molecule has 104 valence electrons. The summed E-state index contributed by atoms with van der Waals surface area (Å²) in [6, 6.07) is 8.62. The number of hydrogen-bond acceptors (Lipinski definition) is 3. The molecule has 4 nitrogen and oxygen atoms in total. The molecular formula is C16H18N2O2. The number of nitrogens with one attached hydrogen (secondary N) is 1. The standard InChI is InChI=1S/C16H18N2O2/c1-10-15(11(2)20-18-10)16(19)17-14-8-7-12-5-3-4-6-13(12)9-14/h3-6,14H,7-9H2,1-2H3,(H,17,19)/t14-/m0/s1. The Bertz CT molecular complexity index is 626. The molecule has 1 N–H and O–H groups in total. The van der Waals surface area contributed by atoms with Crippen LogP contribution in [0.2, 0.25) is 0 Å². The third-order valence-corrected chi connectivity index (χ3v) is 3.94. The van der Waals surface area contributed by atoms with Crippen molar-refractivity contribution in [1.82, 2.24) is 10.5 Å². The molecule has 0 saturated carbocycles. The van der Waals surface area contributed by atoms with Gasteiger partial charge < -0.3 is 9.84 Å². The third-order valence-electron chi connectivity index (χ3n) is 3.94. The molecule has 1 heterocycles. The molecule has 0 unspecified atom stereocenters. The summed E-state index contributed by atoms with van der Waals surface area (Å²) in [6.45, 7) is 3.56. The van der Waals surface area contributed by atoms with E-state index in [9.17, 15) is 4.79 Å². The average molecular weight is 270 g/mol. The number of fused-ring (bicyclic) bond motifs is 1. The van der Waals surface area contributed by atoms with Crippen LogP contribution in [0, 0.1) is 13.8 Å². The summed E-state index contributed by atoms with van der Waals surface area (Å²) in [5.41, 5.74) is 3.96. The number of rotatable bonds is 2. The number of nitrogens with zero attached hydrogens (tertiary/aromatic N) is 1. The minimum Gasteiger partial charge on any atom is -0.361 e. The summed E-state index contributed by atoms with van der Waals surface area (Å²) >= 11 is 0. The molecule has 1 amide bonds. The lowest BCUT2D eigenvalue weighted by molar-refractivity contribution is 0.0931. The fraction of sp³-hybridized carbons (Fsp3) is 0.375. The molecular weight excluding hydrogens is 252 g/mol. The maximum atomic E-state index is 12.3. The lowest BCUT2D eigenvalue weighted by Gasteiger charge is -2.25. The van der Waals surface area contributed by atoms with Gasteiger partial charge in [0.2, 0.25) is 0 Å². The zero-order valence-electron chi connectivity index (χ0n) is 11.8. The monoisotopic (exact) mass is 270 g/mol. The van der Waals surface area contributed by atoms with E-state index in [0.717, 1.165) is 19.3 Å². The third kappa shape index (κ3) is 2.33. The van der Waals surface area contributed by atoms with Crippen molar-refractivity contribution in [2.75, 3.05) is 0 Å². The van der Waals surface area contributed by atoms with Gasteiger partial charge in [-0.15, -0.1) is 0 Å². The summed E-state index contributed by atoms with van der Waals surface area (Å²) in [7, 11) is 0. The van der Waals surface area contributed by atoms with E-state index in [1.807, 2.05) is 0 Å². The molecule has 1 aliphatic rings. The van der Waals surface area contributed by atoms with Crippen molar-refractivity contribution in [1.29, 1.82) is 0 Å². The van der Waals surface area contributed by atoms with Gasteiger partial charge in [0.15, 0.2) is 0 Å². The molecule has 20 heavy (non-hydrogen) atoms. The van der Waals surface area contributed by atoms with E-state index in [4.69, 9.17) is 4.52 Å². The van der Waals surface area contributed by atoms with Gasteiger partial charge in [-0.2, -0.15) is 0 Å². The fourth-order valence-electron chi connectivity index (χ4n) is 2.89. The number of amides is 1. The predicted molar refractivity (Wildman–Crippen MR) is 75.7 cm³/mol. The first-order valence-corrected chi connectivity index (χ1v) is 6.95.